The van der Waals surface area contributed by atoms with Crippen LogP contribution in [0, 0.1) is 20.6 Å². The summed E-state index contributed by atoms with van der Waals surface area (Å²) in [5, 5.41) is 15.4. The van der Waals surface area contributed by atoms with Crippen molar-refractivity contribution in [2.45, 2.75) is 13.5 Å². The molecule has 1 heterocycles. The Hall–Kier alpha value is -2.59. The molecule has 0 atom stereocenters. The van der Waals surface area contributed by atoms with Crippen molar-refractivity contribution in [1.82, 2.24) is 5.16 Å². The summed E-state index contributed by atoms with van der Waals surface area (Å²) < 4.78 is 17.3. The van der Waals surface area contributed by atoms with Crippen LogP contribution in [0.2, 0.25) is 5.02 Å². The molecule has 9 heteroatoms. The highest BCUT2D eigenvalue weighted by molar-refractivity contribution is 14.1. The zero-order chi connectivity index (χ0) is 21.0. The standard InChI is InChI=1S/C20H16ClIN2O5/c1-12-19(24(25)26)17(29-23-12)8-7-13-9-16(22)20(18(10-13)27-2)28-11-14-5-3-4-6-15(14)21/h3-10H,11H2,1-2H3/b8-7-. The molecule has 3 rings (SSSR count). The van der Waals surface area contributed by atoms with E-state index in [2.05, 4.69) is 27.7 Å². The van der Waals surface area contributed by atoms with Gasteiger partial charge in [0, 0.05) is 10.6 Å². The summed E-state index contributed by atoms with van der Waals surface area (Å²) in [5.41, 5.74) is 1.71. The Bertz CT molecular complexity index is 1080. The van der Waals surface area contributed by atoms with E-state index in [9.17, 15) is 10.1 Å². The average molecular weight is 527 g/mol. The van der Waals surface area contributed by atoms with Gasteiger partial charge in [-0.3, -0.25) is 10.1 Å². The van der Waals surface area contributed by atoms with Crippen molar-refractivity contribution < 1.29 is 18.9 Å². The fraction of sp³-hybridized carbons (Fsp3) is 0.150. The van der Waals surface area contributed by atoms with Gasteiger partial charge in [0.15, 0.2) is 17.2 Å². The Morgan fingerprint density at radius 1 is 1.31 bits per heavy atom. The number of aryl methyl sites for hydroxylation is 1. The van der Waals surface area contributed by atoms with E-state index in [1.54, 1.807) is 25.3 Å². The van der Waals surface area contributed by atoms with Gasteiger partial charge in [0.2, 0.25) is 5.76 Å². The Morgan fingerprint density at radius 2 is 2.07 bits per heavy atom. The topological polar surface area (TPSA) is 87.6 Å². The lowest BCUT2D eigenvalue weighted by molar-refractivity contribution is -0.386. The van der Waals surface area contributed by atoms with Crippen LogP contribution < -0.4 is 9.47 Å². The van der Waals surface area contributed by atoms with Crippen LogP contribution in [-0.4, -0.2) is 17.2 Å². The molecule has 0 radical (unpaired) electrons. The number of nitro groups is 1. The Balaban J connectivity index is 1.85. The Kier molecular flexibility index (Phi) is 6.75. The monoisotopic (exact) mass is 526 g/mol. The predicted octanol–water partition coefficient (Wildman–Crippen LogP) is 5.91. The second kappa shape index (κ2) is 9.27. The molecule has 0 unspecified atom stereocenters. The fourth-order valence-corrected chi connectivity index (χ4v) is 3.60. The van der Waals surface area contributed by atoms with Crippen LogP contribution in [-0.2, 0) is 6.61 Å². The van der Waals surface area contributed by atoms with Crippen LogP contribution >= 0.6 is 34.2 Å². The van der Waals surface area contributed by atoms with Crippen LogP contribution in [0.5, 0.6) is 11.5 Å². The van der Waals surface area contributed by atoms with Gasteiger partial charge in [0.05, 0.1) is 15.6 Å². The SMILES string of the molecule is COc1cc(/C=C\c2onc(C)c2[N+](=O)[O-])cc(I)c1OCc1ccccc1Cl. The molecule has 0 bridgehead atoms. The molecule has 0 saturated heterocycles. The summed E-state index contributed by atoms with van der Waals surface area (Å²) in [6.07, 6.45) is 3.20. The van der Waals surface area contributed by atoms with Gasteiger partial charge in [0.25, 0.3) is 0 Å². The second-order valence-electron chi connectivity index (χ2n) is 5.99. The van der Waals surface area contributed by atoms with Gasteiger partial charge < -0.3 is 14.0 Å². The number of rotatable bonds is 7. The van der Waals surface area contributed by atoms with Crippen molar-refractivity contribution >= 4 is 52.0 Å². The smallest absolute Gasteiger partial charge is 0.338 e. The van der Waals surface area contributed by atoms with Crippen LogP contribution in [0.15, 0.2) is 40.9 Å². The summed E-state index contributed by atoms with van der Waals surface area (Å²) in [7, 11) is 1.55. The molecule has 1 aromatic heterocycles. The first kappa shape index (κ1) is 21.1. The average Bonchev–Trinajstić information content (AvgIpc) is 3.07. The van der Waals surface area contributed by atoms with E-state index in [0.29, 0.717) is 23.1 Å². The Labute approximate surface area is 185 Å². The number of benzene rings is 2. The zero-order valence-electron chi connectivity index (χ0n) is 15.5. The van der Waals surface area contributed by atoms with Crippen LogP contribution in [0.1, 0.15) is 22.6 Å². The minimum atomic E-state index is -0.512. The quantitative estimate of drug-likeness (QED) is 0.216. The third-order valence-corrected chi connectivity index (χ3v) is 5.22. The molecule has 2 aromatic carbocycles. The van der Waals surface area contributed by atoms with Gasteiger partial charge >= 0.3 is 5.69 Å². The minimum absolute atomic E-state index is 0.0838. The van der Waals surface area contributed by atoms with E-state index in [-0.39, 0.29) is 17.1 Å². The van der Waals surface area contributed by atoms with Gasteiger partial charge in [-0.15, -0.1) is 0 Å². The van der Waals surface area contributed by atoms with Crippen molar-refractivity contribution in [1.29, 1.82) is 0 Å². The number of halogens is 2. The number of nitrogens with zero attached hydrogens (tertiary/aromatic N) is 2. The van der Waals surface area contributed by atoms with Crippen LogP contribution in [0.3, 0.4) is 0 Å². The molecule has 0 aliphatic carbocycles. The third kappa shape index (κ3) is 4.88. The summed E-state index contributed by atoms with van der Waals surface area (Å²) in [6.45, 7) is 1.82. The fourth-order valence-electron chi connectivity index (χ4n) is 2.63. The van der Waals surface area contributed by atoms with Crippen molar-refractivity contribution in [3.05, 3.63) is 77.7 Å². The maximum atomic E-state index is 11.2. The van der Waals surface area contributed by atoms with E-state index < -0.39 is 4.92 Å². The van der Waals surface area contributed by atoms with E-state index in [4.69, 9.17) is 25.6 Å². The van der Waals surface area contributed by atoms with Gasteiger partial charge in [-0.1, -0.05) is 41.0 Å². The minimum Gasteiger partial charge on any atom is -0.493 e. The molecule has 0 N–H and O–H groups in total. The first-order valence-corrected chi connectivity index (χ1v) is 9.89. The first-order valence-electron chi connectivity index (χ1n) is 8.43. The number of hydrogen-bond acceptors (Lipinski definition) is 6. The van der Waals surface area contributed by atoms with E-state index >= 15 is 0 Å². The maximum Gasteiger partial charge on any atom is 0.338 e. The lowest BCUT2D eigenvalue weighted by atomic mass is 10.1. The lowest BCUT2D eigenvalue weighted by Crippen LogP contribution is -2.00. The maximum absolute atomic E-state index is 11.2. The van der Waals surface area contributed by atoms with Gasteiger partial charge in [-0.05, 0) is 59.4 Å². The van der Waals surface area contributed by atoms with Gasteiger partial charge in [-0.2, -0.15) is 0 Å². The van der Waals surface area contributed by atoms with Crippen LogP contribution in [0.4, 0.5) is 5.69 Å². The van der Waals surface area contributed by atoms with Crippen molar-refractivity contribution in [3.8, 4) is 11.5 Å². The highest BCUT2D eigenvalue weighted by Gasteiger charge is 2.22. The van der Waals surface area contributed by atoms with Crippen molar-refractivity contribution in [2.75, 3.05) is 7.11 Å². The van der Waals surface area contributed by atoms with Gasteiger partial charge in [0.1, 0.15) is 6.61 Å². The van der Waals surface area contributed by atoms with Crippen molar-refractivity contribution in [2.24, 2.45) is 0 Å². The zero-order valence-corrected chi connectivity index (χ0v) is 18.4. The lowest BCUT2D eigenvalue weighted by Gasteiger charge is -2.14. The Morgan fingerprint density at radius 3 is 2.76 bits per heavy atom. The summed E-state index contributed by atoms with van der Waals surface area (Å²) in [4.78, 5) is 10.6. The molecule has 0 saturated carbocycles. The van der Waals surface area contributed by atoms with Crippen molar-refractivity contribution in [3.63, 3.8) is 0 Å². The molecule has 0 amide bonds. The van der Waals surface area contributed by atoms with E-state index in [1.807, 2.05) is 24.3 Å². The largest absolute Gasteiger partial charge is 0.493 e. The normalized spacial score (nSPS) is 11.0. The molecule has 0 aliphatic heterocycles. The molecular weight excluding hydrogens is 511 g/mol. The number of hydrogen-bond donors (Lipinski definition) is 0. The molecule has 0 fully saturated rings. The second-order valence-corrected chi connectivity index (χ2v) is 7.55. The third-order valence-electron chi connectivity index (χ3n) is 4.05. The molecule has 0 spiro atoms. The summed E-state index contributed by atoms with van der Waals surface area (Å²) in [6, 6.07) is 11.1. The predicted molar refractivity (Wildman–Crippen MR) is 118 cm³/mol. The highest BCUT2D eigenvalue weighted by Crippen LogP contribution is 2.36. The highest BCUT2D eigenvalue weighted by atomic mass is 127. The first-order chi connectivity index (χ1) is 13.9. The van der Waals surface area contributed by atoms with E-state index in [1.165, 1.54) is 13.0 Å². The number of aromatic nitrogens is 1. The summed E-state index contributed by atoms with van der Waals surface area (Å²) >= 11 is 8.33. The number of ether oxygens (including phenoxy) is 2. The van der Waals surface area contributed by atoms with E-state index in [0.717, 1.165) is 14.7 Å². The molecule has 0 aliphatic rings. The molecule has 7 nitrogen and oxygen atoms in total. The number of methoxy groups -OCH3 is 1. The molecule has 29 heavy (non-hydrogen) atoms. The molecular formula is C20H16ClIN2O5. The van der Waals surface area contributed by atoms with Crippen LogP contribution in [0.25, 0.3) is 12.2 Å². The summed E-state index contributed by atoms with van der Waals surface area (Å²) in [5.74, 6) is 1.21. The molecule has 3 aromatic rings. The molecule has 150 valence electrons. The van der Waals surface area contributed by atoms with Gasteiger partial charge in [-0.25, -0.2) is 0 Å².